The first kappa shape index (κ1) is 15.6. The van der Waals surface area contributed by atoms with Crippen molar-refractivity contribution in [2.24, 2.45) is 11.5 Å². The molecule has 0 fully saturated rings. The van der Waals surface area contributed by atoms with Gasteiger partial charge in [0, 0.05) is 0 Å². The lowest BCUT2D eigenvalue weighted by Gasteiger charge is -2.03. The second kappa shape index (κ2) is 12.1. The van der Waals surface area contributed by atoms with Crippen molar-refractivity contribution < 1.29 is 9.90 Å². The normalized spacial score (nSPS) is 11.4. The minimum atomic E-state index is -0.933. The Morgan fingerprint density at radius 2 is 2.08 bits per heavy atom. The minimum absolute atomic E-state index is 0.520. The van der Waals surface area contributed by atoms with Crippen LogP contribution in [0.3, 0.4) is 0 Å². The van der Waals surface area contributed by atoms with Gasteiger partial charge in [-0.25, -0.2) is 0 Å². The van der Waals surface area contributed by atoms with Gasteiger partial charge in [-0.1, -0.05) is 6.42 Å². The third-order valence-corrected chi connectivity index (χ3v) is 1.29. The lowest BCUT2D eigenvalue weighted by atomic mass is 10.1. The quantitative estimate of drug-likeness (QED) is 0.315. The first-order chi connectivity index (χ1) is 6.09. The fourth-order valence-corrected chi connectivity index (χ4v) is 0.632. The molecule has 0 aromatic carbocycles. The number of aliphatic carboxylic acids is 1. The maximum absolute atomic E-state index is 10.1. The summed E-state index contributed by atoms with van der Waals surface area (Å²) in [6.07, 6.45) is 4.07. The Bertz CT molecular complexity index is 125. The van der Waals surface area contributed by atoms with Gasteiger partial charge in [-0.2, -0.15) is 0 Å². The summed E-state index contributed by atoms with van der Waals surface area (Å²) in [5.41, 5.74) is 10.4. The molecule has 0 aliphatic carbocycles. The summed E-state index contributed by atoms with van der Waals surface area (Å²) in [5.74, 6) is -0.933. The van der Waals surface area contributed by atoms with Crippen molar-refractivity contribution in [3.63, 3.8) is 0 Å². The van der Waals surface area contributed by atoms with Crippen molar-refractivity contribution in [1.82, 2.24) is 0 Å². The van der Waals surface area contributed by atoms with Crippen LogP contribution in [-0.4, -0.2) is 29.9 Å². The van der Waals surface area contributed by atoms with Gasteiger partial charge in [0.2, 0.25) is 0 Å². The summed E-state index contributed by atoms with van der Waals surface area (Å²) in [6.45, 7) is 0.604. The lowest BCUT2D eigenvalue weighted by molar-refractivity contribution is -0.138. The topological polar surface area (TPSA) is 89.3 Å². The number of carboxylic acids is 1. The summed E-state index contributed by atoms with van der Waals surface area (Å²) >= 11 is 3.71. The van der Waals surface area contributed by atoms with E-state index < -0.39 is 12.0 Å². The van der Waals surface area contributed by atoms with Gasteiger partial charge in [-0.15, -0.1) is 22.5 Å². The van der Waals surface area contributed by atoms with Crippen LogP contribution in [-0.2, 0) is 4.79 Å². The van der Waals surface area contributed by atoms with Gasteiger partial charge >= 0.3 is 5.97 Å². The summed E-state index contributed by atoms with van der Waals surface area (Å²) in [4.78, 5) is 10.1. The van der Waals surface area contributed by atoms with Gasteiger partial charge in [0.1, 0.15) is 6.04 Å². The Labute approximate surface area is 88.2 Å². The van der Waals surface area contributed by atoms with Crippen LogP contribution in [0, 0.1) is 0 Å². The highest BCUT2D eigenvalue weighted by Gasteiger charge is 2.09. The Kier molecular flexibility index (Phi) is 14.5. The molecular formula is C7H18N2O2S2. The number of carbonyl (C=O) groups is 1. The molecule has 0 saturated carbocycles. The van der Waals surface area contributed by atoms with Crippen molar-refractivity contribution in [3.05, 3.63) is 0 Å². The minimum Gasteiger partial charge on any atom is -0.480 e. The zero-order valence-electron chi connectivity index (χ0n) is 7.77. The van der Waals surface area contributed by atoms with E-state index in [0.29, 0.717) is 13.0 Å². The molecule has 0 aliphatic rings. The number of nitrogens with two attached hydrogens (primary N) is 2. The maximum Gasteiger partial charge on any atom is 0.320 e. The van der Waals surface area contributed by atoms with E-state index in [9.17, 15) is 4.79 Å². The van der Waals surface area contributed by atoms with Gasteiger partial charge in [-0.05, 0) is 25.6 Å². The zero-order chi connectivity index (χ0) is 10.7. The number of thiol groups is 1. The molecule has 0 heterocycles. The molecule has 80 valence electrons. The van der Waals surface area contributed by atoms with E-state index in [-0.39, 0.29) is 0 Å². The van der Waals surface area contributed by atoms with Gasteiger partial charge < -0.3 is 16.6 Å². The smallest absolute Gasteiger partial charge is 0.320 e. The third-order valence-electron chi connectivity index (χ3n) is 1.29. The molecule has 5 N–H and O–H groups in total. The molecule has 0 radical (unpaired) electrons. The van der Waals surface area contributed by atoms with E-state index in [0.717, 1.165) is 12.8 Å². The van der Waals surface area contributed by atoms with E-state index in [4.69, 9.17) is 16.6 Å². The average molecular weight is 226 g/mol. The number of carboxylic acid groups (broad SMARTS) is 1. The van der Waals surface area contributed by atoms with Crippen molar-refractivity contribution in [1.29, 1.82) is 0 Å². The fraction of sp³-hybridized carbons (Fsp3) is 0.857. The van der Waals surface area contributed by atoms with Crippen LogP contribution < -0.4 is 11.5 Å². The SMILES string of the molecule is CSS.NCCCCC(N)C(=O)O. The predicted molar refractivity (Wildman–Crippen MR) is 61.0 cm³/mol. The molecule has 0 rings (SSSR count). The van der Waals surface area contributed by atoms with Gasteiger partial charge in [0.05, 0.1) is 0 Å². The maximum atomic E-state index is 10.1. The van der Waals surface area contributed by atoms with Crippen molar-refractivity contribution in [2.45, 2.75) is 25.3 Å². The molecular weight excluding hydrogens is 208 g/mol. The Balaban J connectivity index is 0. The van der Waals surface area contributed by atoms with E-state index in [1.54, 1.807) is 0 Å². The molecule has 0 aliphatic heterocycles. The highest BCUT2D eigenvalue weighted by Crippen LogP contribution is 1.96. The largest absolute Gasteiger partial charge is 0.480 e. The number of unbranched alkanes of at least 4 members (excludes halogenated alkanes) is 1. The molecule has 1 atom stereocenters. The standard InChI is InChI=1S/C6H14N2O2.CH4S2/c7-4-2-1-3-5(8)6(9)10;1-3-2/h5H,1-4,7-8H2,(H,9,10);2H,1H3. The van der Waals surface area contributed by atoms with Crippen LogP contribution in [0.15, 0.2) is 0 Å². The molecule has 0 bridgehead atoms. The van der Waals surface area contributed by atoms with Crippen LogP contribution in [0.25, 0.3) is 0 Å². The lowest BCUT2D eigenvalue weighted by Crippen LogP contribution is -2.29. The van der Waals surface area contributed by atoms with E-state index >= 15 is 0 Å². The van der Waals surface area contributed by atoms with Crippen LogP contribution in [0.2, 0.25) is 0 Å². The average Bonchev–Trinajstić information content (AvgIpc) is 2.06. The highest BCUT2D eigenvalue weighted by atomic mass is 33.1. The van der Waals surface area contributed by atoms with E-state index in [1.807, 2.05) is 6.26 Å². The van der Waals surface area contributed by atoms with E-state index in [1.165, 1.54) is 10.8 Å². The predicted octanol–water partition coefficient (Wildman–Crippen LogP) is 0.721. The van der Waals surface area contributed by atoms with E-state index in [2.05, 4.69) is 11.7 Å². The number of rotatable bonds is 5. The molecule has 4 nitrogen and oxygen atoms in total. The fourth-order valence-electron chi connectivity index (χ4n) is 0.632. The second-order valence-corrected chi connectivity index (χ2v) is 3.87. The summed E-state index contributed by atoms with van der Waals surface area (Å²) in [7, 11) is 1.44. The number of hydrogen-bond donors (Lipinski definition) is 4. The summed E-state index contributed by atoms with van der Waals surface area (Å²) in [6, 6.07) is -0.716. The van der Waals surface area contributed by atoms with Crippen LogP contribution in [0.1, 0.15) is 19.3 Å². The Morgan fingerprint density at radius 1 is 1.62 bits per heavy atom. The Hall–Kier alpha value is 0.0900. The second-order valence-electron chi connectivity index (χ2n) is 2.41. The zero-order valence-corrected chi connectivity index (χ0v) is 9.48. The molecule has 0 spiro atoms. The highest BCUT2D eigenvalue weighted by molar-refractivity contribution is 8.68. The Morgan fingerprint density at radius 3 is 2.38 bits per heavy atom. The summed E-state index contributed by atoms with van der Waals surface area (Å²) < 4.78 is 0. The summed E-state index contributed by atoms with van der Waals surface area (Å²) in [5, 5.41) is 8.33. The van der Waals surface area contributed by atoms with Crippen molar-refractivity contribution in [2.75, 3.05) is 12.8 Å². The molecule has 1 unspecified atom stereocenters. The van der Waals surface area contributed by atoms with Gasteiger partial charge in [-0.3, -0.25) is 4.79 Å². The molecule has 6 heteroatoms. The molecule has 13 heavy (non-hydrogen) atoms. The first-order valence-electron chi connectivity index (χ1n) is 3.96. The van der Waals surface area contributed by atoms with Crippen LogP contribution in [0.4, 0.5) is 0 Å². The molecule has 0 saturated heterocycles. The van der Waals surface area contributed by atoms with Crippen molar-refractivity contribution in [3.8, 4) is 0 Å². The first-order valence-corrected chi connectivity index (χ1v) is 6.23. The molecule has 0 aromatic heterocycles. The monoisotopic (exact) mass is 226 g/mol. The van der Waals surface area contributed by atoms with Crippen LogP contribution in [0.5, 0.6) is 0 Å². The molecule has 0 amide bonds. The number of hydrogen-bond acceptors (Lipinski definition) is 5. The molecule has 0 aromatic rings. The van der Waals surface area contributed by atoms with Gasteiger partial charge in [0.15, 0.2) is 0 Å². The third kappa shape index (κ3) is 14.9. The van der Waals surface area contributed by atoms with Crippen LogP contribution >= 0.6 is 22.5 Å². The van der Waals surface area contributed by atoms with Crippen molar-refractivity contribution >= 4 is 28.4 Å². The van der Waals surface area contributed by atoms with Gasteiger partial charge in [0.25, 0.3) is 0 Å².